The molecule has 0 saturated carbocycles. The summed E-state index contributed by atoms with van der Waals surface area (Å²) in [5.41, 5.74) is 0.715. The number of rotatable bonds is 5. The van der Waals surface area contributed by atoms with E-state index in [4.69, 9.17) is 5.26 Å². The first-order valence-electron chi connectivity index (χ1n) is 6.93. The van der Waals surface area contributed by atoms with Gasteiger partial charge in [-0.1, -0.05) is 0 Å². The lowest BCUT2D eigenvalue weighted by atomic mass is 10.2. The number of likely N-dealkylation sites (N-methyl/N-ethyl adjacent to an activating group) is 1. The maximum Gasteiger partial charge on any atom is 0.293 e. The number of hydrogen-bond donors (Lipinski definition) is 1. The Morgan fingerprint density at radius 2 is 2.10 bits per heavy atom. The lowest BCUT2D eigenvalue weighted by Crippen LogP contribution is -2.45. The third-order valence-corrected chi connectivity index (χ3v) is 3.66. The standard InChI is InChI=1S/C14H19N5O2/c1-17-6-8-18(9-7-17)5-4-16-13-3-2-12(11-15)10-14(13)19(20)21/h2-3,10,16H,4-9H2,1H3. The van der Waals surface area contributed by atoms with Crippen molar-refractivity contribution in [3.63, 3.8) is 0 Å². The summed E-state index contributed by atoms with van der Waals surface area (Å²) in [7, 11) is 2.11. The first kappa shape index (κ1) is 15.2. The summed E-state index contributed by atoms with van der Waals surface area (Å²) in [6.45, 7) is 5.65. The molecule has 1 fully saturated rings. The van der Waals surface area contributed by atoms with Gasteiger partial charge in [-0.3, -0.25) is 15.0 Å². The van der Waals surface area contributed by atoms with Crippen molar-refractivity contribution in [2.45, 2.75) is 0 Å². The third-order valence-electron chi connectivity index (χ3n) is 3.66. The molecule has 2 rings (SSSR count). The summed E-state index contributed by atoms with van der Waals surface area (Å²) in [6, 6.07) is 6.41. The summed E-state index contributed by atoms with van der Waals surface area (Å²) in [4.78, 5) is 15.2. The van der Waals surface area contributed by atoms with E-state index in [1.54, 1.807) is 12.1 Å². The highest BCUT2D eigenvalue weighted by atomic mass is 16.6. The number of nitriles is 1. The molecule has 0 aromatic heterocycles. The van der Waals surface area contributed by atoms with Gasteiger partial charge < -0.3 is 10.2 Å². The second-order valence-corrected chi connectivity index (χ2v) is 5.17. The number of hydrogen-bond acceptors (Lipinski definition) is 6. The molecular weight excluding hydrogens is 270 g/mol. The first-order valence-corrected chi connectivity index (χ1v) is 6.93. The van der Waals surface area contributed by atoms with Crippen LogP contribution in [-0.4, -0.2) is 61.0 Å². The maximum absolute atomic E-state index is 11.0. The monoisotopic (exact) mass is 289 g/mol. The lowest BCUT2D eigenvalue weighted by molar-refractivity contribution is -0.384. The molecule has 1 N–H and O–H groups in total. The summed E-state index contributed by atoms with van der Waals surface area (Å²) < 4.78 is 0. The Balaban J connectivity index is 1.91. The van der Waals surface area contributed by atoms with Gasteiger partial charge in [-0.05, 0) is 19.2 Å². The van der Waals surface area contributed by atoms with E-state index < -0.39 is 4.92 Å². The van der Waals surface area contributed by atoms with Gasteiger partial charge in [0.05, 0.1) is 16.6 Å². The zero-order valence-electron chi connectivity index (χ0n) is 12.1. The molecule has 7 nitrogen and oxygen atoms in total. The molecule has 1 heterocycles. The average Bonchev–Trinajstić information content (AvgIpc) is 2.49. The van der Waals surface area contributed by atoms with Crippen LogP contribution in [0.5, 0.6) is 0 Å². The second-order valence-electron chi connectivity index (χ2n) is 5.17. The topological polar surface area (TPSA) is 85.4 Å². The predicted molar refractivity (Wildman–Crippen MR) is 80.2 cm³/mol. The van der Waals surface area contributed by atoms with Crippen molar-refractivity contribution < 1.29 is 4.92 Å². The summed E-state index contributed by atoms with van der Waals surface area (Å²) in [5, 5.41) is 22.9. The van der Waals surface area contributed by atoms with Crippen molar-refractivity contribution in [3.8, 4) is 6.07 Å². The van der Waals surface area contributed by atoms with E-state index >= 15 is 0 Å². The molecule has 0 radical (unpaired) electrons. The number of piperazine rings is 1. The number of nitro benzene ring substituents is 1. The Bertz CT molecular complexity index is 547. The quantitative estimate of drug-likeness (QED) is 0.646. The Kier molecular flexibility index (Phi) is 5.09. The highest BCUT2D eigenvalue weighted by molar-refractivity contribution is 5.64. The minimum atomic E-state index is -0.459. The van der Waals surface area contributed by atoms with Crippen molar-refractivity contribution in [1.29, 1.82) is 5.26 Å². The van der Waals surface area contributed by atoms with Crippen molar-refractivity contribution in [2.75, 3.05) is 51.6 Å². The van der Waals surface area contributed by atoms with E-state index in [-0.39, 0.29) is 5.69 Å². The van der Waals surface area contributed by atoms with Crippen LogP contribution in [0.25, 0.3) is 0 Å². The van der Waals surface area contributed by atoms with Gasteiger partial charge in [-0.25, -0.2) is 0 Å². The third kappa shape index (κ3) is 4.15. The van der Waals surface area contributed by atoms with Gasteiger partial charge in [0, 0.05) is 45.3 Å². The van der Waals surface area contributed by atoms with Crippen molar-refractivity contribution >= 4 is 11.4 Å². The number of nitrogens with zero attached hydrogens (tertiary/aromatic N) is 4. The highest BCUT2D eigenvalue weighted by Crippen LogP contribution is 2.25. The zero-order valence-corrected chi connectivity index (χ0v) is 12.1. The SMILES string of the molecule is CN1CCN(CCNc2ccc(C#N)cc2[N+](=O)[O-])CC1. The molecular formula is C14H19N5O2. The Morgan fingerprint density at radius 1 is 1.38 bits per heavy atom. The van der Waals surface area contributed by atoms with Crippen LogP contribution in [0.15, 0.2) is 18.2 Å². The molecule has 0 amide bonds. The van der Waals surface area contributed by atoms with Gasteiger partial charge in [0.15, 0.2) is 0 Å². The molecule has 1 aromatic rings. The molecule has 0 aliphatic carbocycles. The smallest absolute Gasteiger partial charge is 0.293 e. The molecule has 1 aromatic carbocycles. The van der Waals surface area contributed by atoms with Crippen LogP contribution in [0, 0.1) is 21.4 Å². The zero-order chi connectivity index (χ0) is 15.2. The molecule has 21 heavy (non-hydrogen) atoms. The molecule has 1 aliphatic rings. The van der Waals surface area contributed by atoms with E-state index in [1.807, 2.05) is 6.07 Å². The maximum atomic E-state index is 11.0. The largest absolute Gasteiger partial charge is 0.378 e. The van der Waals surface area contributed by atoms with Crippen LogP contribution in [0.2, 0.25) is 0 Å². The molecule has 112 valence electrons. The molecule has 0 unspecified atom stereocenters. The molecule has 1 aliphatic heterocycles. The molecule has 1 saturated heterocycles. The molecule has 0 spiro atoms. The van der Waals surface area contributed by atoms with E-state index in [2.05, 4.69) is 22.2 Å². The Morgan fingerprint density at radius 3 is 2.71 bits per heavy atom. The van der Waals surface area contributed by atoms with Crippen LogP contribution in [0.1, 0.15) is 5.56 Å². The Labute approximate surface area is 123 Å². The van der Waals surface area contributed by atoms with E-state index in [0.29, 0.717) is 17.8 Å². The summed E-state index contributed by atoms with van der Waals surface area (Å²) in [5.74, 6) is 0. The molecule has 7 heteroatoms. The fourth-order valence-electron chi connectivity index (χ4n) is 2.32. The first-order chi connectivity index (χ1) is 10.1. The van der Waals surface area contributed by atoms with Gasteiger partial charge in [0.25, 0.3) is 5.69 Å². The van der Waals surface area contributed by atoms with Crippen LogP contribution in [0.3, 0.4) is 0 Å². The second kappa shape index (κ2) is 7.02. The van der Waals surface area contributed by atoms with Crippen LogP contribution < -0.4 is 5.32 Å². The summed E-state index contributed by atoms with van der Waals surface area (Å²) >= 11 is 0. The van der Waals surface area contributed by atoms with Gasteiger partial charge in [-0.2, -0.15) is 5.26 Å². The van der Waals surface area contributed by atoms with Gasteiger partial charge in [-0.15, -0.1) is 0 Å². The lowest BCUT2D eigenvalue weighted by Gasteiger charge is -2.32. The van der Waals surface area contributed by atoms with Crippen LogP contribution >= 0.6 is 0 Å². The van der Waals surface area contributed by atoms with Gasteiger partial charge >= 0.3 is 0 Å². The van der Waals surface area contributed by atoms with Crippen molar-refractivity contribution in [1.82, 2.24) is 9.80 Å². The highest BCUT2D eigenvalue weighted by Gasteiger charge is 2.16. The number of benzene rings is 1. The minimum absolute atomic E-state index is 0.0487. The van der Waals surface area contributed by atoms with E-state index in [1.165, 1.54) is 6.07 Å². The summed E-state index contributed by atoms with van der Waals surface area (Å²) in [6.07, 6.45) is 0. The van der Waals surface area contributed by atoms with Crippen LogP contribution in [0.4, 0.5) is 11.4 Å². The number of nitro groups is 1. The molecule has 0 atom stereocenters. The normalized spacial score (nSPS) is 16.4. The van der Waals surface area contributed by atoms with Crippen molar-refractivity contribution in [3.05, 3.63) is 33.9 Å². The van der Waals surface area contributed by atoms with Crippen molar-refractivity contribution in [2.24, 2.45) is 0 Å². The average molecular weight is 289 g/mol. The molecule has 0 bridgehead atoms. The van der Waals surface area contributed by atoms with Gasteiger partial charge in [0.1, 0.15) is 5.69 Å². The van der Waals surface area contributed by atoms with E-state index in [0.717, 1.165) is 32.7 Å². The fraction of sp³-hybridized carbons (Fsp3) is 0.500. The van der Waals surface area contributed by atoms with E-state index in [9.17, 15) is 10.1 Å². The Hall–Kier alpha value is -2.17. The fourth-order valence-corrected chi connectivity index (χ4v) is 2.32. The minimum Gasteiger partial charge on any atom is -0.378 e. The number of anilines is 1. The number of nitrogens with one attached hydrogen (secondary N) is 1. The van der Waals surface area contributed by atoms with Gasteiger partial charge in [0.2, 0.25) is 0 Å². The van der Waals surface area contributed by atoms with Crippen LogP contribution in [-0.2, 0) is 0 Å². The predicted octanol–water partition coefficient (Wildman–Crippen LogP) is 1.13.